The minimum absolute atomic E-state index is 0.000177. The number of halogens is 1. The van der Waals surface area contributed by atoms with Crippen LogP contribution in [0.5, 0.6) is 5.75 Å². The van der Waals surface area contributed by atoms with Gasteiger partial charge in [-0.25, -0.2) is 4.39 Å². The number of phenols is 1. The number of rotatable bonds is 3. The van der Waals surface area contributed by atoms with Crippen molar-refractivity contribution < 1.29 is 14.0 Å². The van der Waals surface area contributed by atoms with Gasteiger partial charge < -0.3 is 9.66 Å². The zero-order chi connectivity index (χ0) is 12.3. The van der Waals surface area contributed by atoms with Gasteiger partial charge in [-0.1, -0.05) is 0 Å². The number of aromatic hydroxyl groups is 1. The molecule has 0 bridgehead atoms. The lowest BCUT2D eigenvalue weighted by molar-refractivity contribution is 0.463. The van der Waals surface area contributed by atoms with Gasteiger partial charge in [-0.15, -0.1) is 4.72 Å². The normalized spacial score (nSPS) is 13.8. The summed E-state index contributed by atoms with van der Waals surface area (Å²) < 4.78 is 26.9. The number of hydrogen-bond donors (Lipinski definition) is 2. The minimum Gasteiger partial charge on any atom is -0.598 e. The molecule has 0 amide bonds. The summed E-state index contributed by atoms with van der Waals surface area (Å²) >= 11 is -1.24. The van der Waals surface area contributed by atoms with Crippen molar-refractivity contribution in [3.63, 3.8) is 0 Å². The van der Waals surface area contributed by atoms with E-state index in [1.54, 1.807) is 0 Å². The van der Waals surface area contributed by atoms with E-state index in [0.29, 0.717) is 5.56 Å². The highest BCUT2D eigenvalue weighted by Crippen LogP contribution is 2.19. The van der Waals surface area contributed by atoms with E-state index in [9.17, 15) is 14.0 Å². The fourth-order valence-electron chi connectivity index (χ4n) is 1.06. The Labute approximate surface area is 98.0 Å². The lowest BCUT2D eigenvalue weighted by atomic mass is 10.2. The largest absolute Gasteiger partial charge is 0.598 e. The monoisotopic (exact) mass is 245 g/mol. The second kappa shape index (κ2) is 5.03. The highest BCUT2D eigenvalue weighted by molar-refractivity contribution is 7.90. The molecule has 5 heteroatoms. The molecule has 0 saturated heterocycles. The van der Waals surface area contributed by atoms with E-state index in [2.05, 4.69) is 4.72 Å². The average molecular weight is 245 g/mol. The molecule has 0 aliphatic carbocycles. The van der Waals surface area contributed by atoms with Crippen LogP contribution in [0.3, 0.4) is 0 Å². The van der Waals surface area contributed by atoms with Crippen LogP contribution in [-0.4, -0.2) is 14.4 Å². The van der Waals surface area contributed by atoms with Crippen molar-refractivity contribution in [1.82, 2.24) is 4.72 Å². The molecule has 1 aromatic carbocycles. The Bertz CT molecular complexity index is 365. The van der Waals surface area contributed by atoms with Gasteiger partial charge in [-0.2, -0.15) is 0 Å². The Balaban J connectivity index is 2.64. The summed E-state index contributed by atoms with van der Waals surface area (Å²) in [6.45, 7) is 5.68. The highest BCUT2D eigenvalue weighted by Gasteiger charge is 2.26. The lowest BCUT2D eigenvalue weighted by Gasteiger charge is -2.23. The Morgan fingerprint density at radius 3 is 2.62 bits per heavy atom. The maximum atomic E-state index is 12.9. The molecule has 0 saturated carbocycles. The number of nitrogens with one attached hydrogen (secondary N) is 1. The zero-order valence-electron chi connectivity index (χ0n) is 9.58. The zero-order valence-corrected chi connectivity index (χ0v) is 10.4. The van der Waals surface area contributed by atoms with Gasteiger partial charge in [0.25, 0.3) is 0 Å². The van der Waals surface area contributed by atoms with Crippen molar-refractivity contribution in [3.8, 4) is 5.75 Å². The Kier molecular flexibility index (Phi) is 4.18. The number of benzene rings is 1. The van der Waals surface area contributed by atoms with E-state index >= 15 is 0 Å². The first-order valence-corrected chi connectivity index (χ1v) is 6.08. The van der Waals surface area contributed by atoms with Gasteiger partial charge in [0.05, 0.1) is 6.54 Å². The van der Waals surface area contributed by atoms with Gasteiger partial charge in [-0.05, 0) is 39.0 Å². The van der Waals surface area contributed by atoms with E-state index in [1.807, 2.05) is 20.8 Å². The molecule has 1 aromatic rings. The quantitative estimate of drug-likeness (QED) is 0.802. The van der Waals surface area contributed by atoms with E-state index in [0.717, 1.165) is 0 Å². The minimum atomic E-state index is -1.24. The molecule has 0 spiro atoms. The Hall–Kier alpha value is -0.780. The van der Waals surface area contributed by atoms with Crippen LogP contribution in [0.25, 0.3) is 0 Å². The molecule has 0 heterocycles. The number of hydrogen-bond acceptors (Lipinski definition) is 3. The summed E-state index contributed by atoms with van der Waals surface area (Å²) in [5, 5.41) is 9.45. The average Bonchev–Trinajstić information content (AvgIpc) is 2.17. The third kappa shape index (κ3) is 3.66. The fraction of sp³-hybridized carbons (Fsp3) is 0.455. The van der Waals surface area contributed by atoms with Crippen LogP contribution < -0.4 is 4.72 Å². The van der Waals surface area contributed by atoms with E-state index < -0.39 is 17.2 Å². The Morgan fingerprint density at radius 1 is 1.44 bits per heavy atom. The lowest BCUT2D eigenvalue weighted by Crippen LogP contribution is -2.38. The summed E-state index contributed by atoms with van der Waals surface area (Å²) in [6.07, 6.45) is 0. The first kappa shape index (κ1) is 13.3. The maximum absolute atomic E-state index is 12.9. The van der Waals surface area contributed by atoms with Gasteiger partial charge in [0, 0.05) is 16.9 Å². The summed E-state index contributed by atoms with van der Waals surface area (Å²) in [5.41, 5.74) is 0.401. The first-order valence-electron chi connectivity index (χ1n) is 4.93. The van der Waals surface area contributed by atoms with Crippen molar-refractivity contribution >= 4 is 11.4 Å². The van der Waals surface area contributed by atoms with Crippen molar-refractivity contribution in [2.45, 2.75) is 32.1 Å². The topological polar surface area (TPSA) is 55.3 Å². The molecular weight excluding hydrogens is 229 g/mol. The Morgan fingerprint density at radius 2 is 2.06 bits per heavy atom. The molecule has 1 atom stereocenters. The molecular formula is C11H16FNO2S. The van der Waals surface area contributed by atoms with E-state index in [4.69, 9.17) is 0 Å². The molecule has 3 nitrogen and oxygen atoms in total. The van der Waals surface area contributed by atoms with Crippen LogP contribution in [0.15, 0.2) is 18.2 Å². The molecule has 0 fully saturated rings. The number of phenolic OH excluding ortho intramolecular Hbond substituents is 1. The molecule has 0 aliphatic rings. The molecule has 90 valence electrons. The molecule has 1 rings (SSSR count). The van der Waals surface area contributed by atoms with Gasteiger partial charge in [0.2, 0.25) is 0 Å². The summed E-state index contributed by atoms with van der Waals surface area (Å²) in [7, 11) is 0. The van der Waals surface area contributed by atoms with Gasteiger partial charge >= 0.3 is 0 Å². The van der Waals surface area contributed by atoms with Crippen LogP contribution in [0.2, 0.25) is 0 Å². The molecule has 0 radical (unpaired) electrons. The predicted octanol–water partition coefficient (Wildman–Crippen LogP) is 2.08. The molecule has 1 unspecified atom stereocenters. The third-order valence-electron chi connectivity index (χ3n) is 1.99. The van der Waals surface area contributed by atoms with Gasteiger partial charge in [0.1, 0.15) is 16.3 Å². The van der Waals surface area contributed by atoms with Crippen molar-refractivity contribution in [1.29, 1.82) is 0 Å². The van der Waals surface area contributed by atoms with Crippen LogP contribution >= 0.6 is 0 Å². The van der Waals surface area contributed by atoms with Crippen LogP contribution in [-0.2, 0) is 17.9 Å². The van der Waals surface area contributed by atoms with Crippen molar-refractivity contribution in [3.05, 3.63) is 29.6 Å². The van der Waals surface area contributed by atoms with Crippen molar-refractivity contribution in [2.24, 2.45) is 0 Å². The predicted molar refractivity (Wildman–Crippen MR) is 62.8 cm³/mol. The standard InChI is InChI=1S/C11H16FNO2S/c1-11(2,3)16(15)13-7-8-6-9(12)4-5-10(8)14/h4-6,13-14H,7H2,1-3H3. The highest BCUT2D eigenvalue weighted by atomic mass is 32.2. The third-order valence-corrected chi connectivity index (χ3v) is 3.51. The molecule has 0 aromatic heterocycles. The summed E-state index contributed by atoms with van der Waals surface area (Å²) in [5.74, 6) is -0.420. The van der Waals surface area contributed by atoms with Crippen molar-refractivity contribution in [2.75, 3.05) is 0 Å². The van der Waals surface area contributed by atoms with E-state index in [-0.39, 0.29) is 17.0 Å². The van der Waals surface area contributed by atoms with Gasteiger partial charge in [0.15, 0.2) is 0 Å². The fourth-order valence-corrected chi connectivity index (χ4v) is 1.78. The second-order valence-corrected chi connectivity index (χ2v) is 6.53. The van der Waals surface area contributed by atoms with E-state index in [1.165, 1.54) is 18.2 Å². The summed E-state index contributed by atoms with van der Waals surface area (Å²) in [6, 6.07) is 3.69. The molecule has 0 aliphatic heterocycles. The van der Waals surface area contributed by atoms with Crippen LogP contribution in [0, 0.1) is 5.82 Å². The smallest absolute Gasteiger partial charge is 0.136 e. The second-order valence-electron chi connectivity index (χ2n) is 4.48. The van der Waals surface area contributed by atoms with Gasteiger partial charge in [-0.3, -0.25) is 0 Å². The maximum Gasteiger partial charge on any atom is 0.136 e. The molecule has 16 heavy (non-hydrogen) atoms. The summed E-state index contributed by atoms with van der Waals surface area (Å²) in [4.78, 5) is 0. The SMILES string of the molecule is CC(C)(C)[S+]([O-])NCc1cc(F)ccc1O. The van der Waals surface area contributed by atoms with Crippen LogP contribution in [0.4, 0.5) is 4.39 Å². The van der Waals surface area contributed by atoms with Crippen LogP contribution in [0.1, 0.15) is 26.3 Å². The molecule has 2 N–H and O–H groups in total. The first-order chi connectivity index (χ1) is 7.30.